The van der Waals surface area contributed by atoms with Gasteiger partial charge in [-0.05, 0) is 31.3 Å². The Morgan fingerprint density at radius 2 is 2.12 bits per heavy atom. The highest BCUT2D eigenvalue weighted by Crippen LogP contribution is 2.51. The number of thiophene rings is 1. The zero-order valence-electron chi connectivity index (χ0n) is 21.7. The lowest BCUT2D eigenvalue weighted by Crippen LogP contribution is -2.46. The van der Waals surface area contributed by atoms with Crippen molar-refractivity contribution in [2.24, 2.45) is 7.05 Å². The summed E-state index contributed by atoms with van der Waals surface area (Å²) in [6, 6.07) is 4.52. The van der Waals surface area contributed by atoms with Crippen LogP contribution in [0.5, 0.6) is 5.88 Å². The Balaban J connectivity index is 1.42. The number of nitrogens with zero attached hydrogens (tertiary/aromatic N) is 4. The molecule has 0 bridgehead atoms. The van der Waals surface area contributed by atoms with E-state index in [9.17, 15) is 22.4 Å². The molecule has 214 valence electrons. The number of piperidine rings is 1. The number of amides is 1. The summed E-state index contributed by atoms with van der Waals surface area (Å²) in [5, 5.41) is 10.3. The first kappa shape index (κ1) is 28.2. The van der Waals surface area contributed by atoms with Gasteiger partial charge >= 0.3 is 5.51 Å². The van der Waals surface area contributed by atoms with Gasteiger partial charge < -0.3 is 24.7 Å². The third-order valence-electron chi connectivity index (χ3n) is 6.38. The minimum Gasteiger partial charge on any atom is -0.479 e. The van der Waals surface area contributed by atoms with E-state index < -0.39 is 23.6 Å². The molecule has 4 heterocycles. The number of fused-ring (bicyclic) bond motifs is 1. The predicted octanol–water partition coefficient (Wildman–Crippen LogP) is 5.29. The van der Waals surface area contributed by atoms with Crippen LogP contribution in [-0.4, -0.2) is 70.5 Å². The molecule has 3 aromatic heterocycles. The molecule has 5 rings (SSSR count). The highest BCUT2D eigenvalue weighted by molar-refractivity contribution is 8.00. The molecular weight excluding hydrogens is 572 g/mol. The molecule has 0 radical (unpaired) electrons. The summed E-state index contributed by atoms with van der Waals surface area (Å²) in [5.74, 6) is -0.311. The van der Waals surface area contributed by atoms with Crippen LogP contribution < -0.4 is 15.4 Å². The van der Waals surface area contributed by atoms with Crippen molar-refractivity contribution in [3.8, 4) is 16.6 Å². The van der Waals surface area contributed by atoms with Crippen molar-refractivity contribution in [2.75, 3.05) is 32.6 Å². The van der Waals surface area contributed by atoms with Crippen LogP contribution in [0.3, 0.4) is 0 Å². The second-order valence-electron chi connectivity index (χ2n) is 9.36. The van der Waals surface area contributed by atoms with E-state index in [-0.39, 0.29) is 52.0 Å². The zero-order valence-corrected chi connectivity index (χ0v) is 23.3. The minimum absolute atomic E-state index is 0.00948. The molecule has 40 heavy (non-hydrogen) atoms. The fourth-order valence-electron chi connectivity index (χ4n) is 4.52. The second kappa shape index (κ2) is 11.3. The fraction of sp³-hybridized carbons (Fsp3) is 0.400. The number of hydrogen-bond donors (Lipinski definition) is 2. The number of thioether (sulfide) groups is 1. The predicted molar refractivity (Wildman–Crippen MR) is 145 cm³/mol. The number of methoxy groups -OCH3 is 1. The van der Waals surface area contributed by atoms with Crippen molar-refractivity contribution in [1.29, 1.82) is 0 Å². The highest BCUT2D eigenvalue weighted by atomic mass is 32.2. The molecule has 0 unspecified atom stereocenters. The molecule has 1 saturated heterocycles. The third-order valence-corrected chi connectivity index (χ3v) is 8.60. The van der Waals surface area contributed by atoms with Gasteiger partial charge in [0, 0.05) is 36.6 Å². The molecule has 2 N–H and O–H groups in total. The lowest BCUT2D eigenvalue weighted by atomic mass is 10.0. The number of anilines is 1. The van der Waals surface area contributed by atoms with Gasteiger partial charge in [-0.3, -0.25) is 9.48 Å². The number of halogens is 4. The molecule has 0 aliphatic carbocycles. The van der Waals surface area contributed by atoms with Crippen LogP contribution in [0.4, 0.5) is 23.2 Å². The summed E-state index contributed by atoms with van der Waals surface area (Å²) in [5.41, 5.74) is -3.46. The van der Waals surface area contributed by atoms with Gasteiger partial charge in [0.15, 0.2) is 0 Å². The Morgan fingerprint density at radius 3 is 2.85 bits per heavy atom. The maximum Gasteiger partial charge on any atom is 0.446 e. The summed E-state index contributed by atoms with van der Waals surface area (Å²) in [4.78, 5) is 19.0. The van der Waals surface area contributed by atoms with Gasteiger partial charge in [0.25, 0.3) is 5.91 Å². The smallest absolute Gasteiger partial charge is 0.446 e. The quantitative estimate of drug-likeness (QED) is 0.209. The van der Waals surface area contributed by atoms with Crippen molar-refractivity contribution in [3.63, 3.8) is 0 Å². The van der Waals surface area contributed by atoms with Gasteiger partial charge in [0.2, 0.25) is 11.8 Å². The first-order valence-corrected chi connectivity index (χ1v) is 13.9. The van der Waals surface area contributed by atoms with Gasteiger partial charge in [-0.15, -0.1) is 16.4 Å². The Labute approximate surface area is 234 Å². The molecule has 4 aromatic rings. The lowest BCUT2D eigenvalue weighted by molar-refractivity contribution is -0.0327. The average Bonchev–Trinajstić information content (AvgIpc) is 3.61. The normalized spacial score (nSPS) is 18.3. The number of rotatable bonds is 8. The SMILES string of the molecule is COc1nn(C)cc1C(=O)NCc1coc(-c2sc3c(N[C@@H]4CCN(C)C[C@@H]4F)cccc3c2SC(F)(F)F)n1. The molecule has 1 aromatic carbocycles. The van der Waals surface area contributed by atoms with Crippen LogP contribution in [0.1, 0.15) is 22.5 Å². The number of oxazole rings is 1. The van der Waals surface area contributed by atoms with E-state index in [1.807, 2.05) is 11.9 Å². The maximum absolute atomic E-state index is 14.7. The van der Waals surface area contributed by atoms with Crippen molar-refractivity contribution in [1.82, 2.24) is 25.0 Å². The van der Waals surface area contributed by atoms with E-state index in [2.05, 4.69) is 20.7 Å². The third kappa shape index (κ3) is 6.05. The fourth-order valence-corrected chi connectivity index (χ4v) is 6.63. The van der Waals surface area contributed by atoms with Crippen LogP contribution in [0.15, 0.2) is 40.0 Å². The Kier molecular flexibility index (Phi) is 7.97. The van der Waals surface area contributed by atoms with Crippen LogP contribution in [0, 0.1) is 0 Å². The van der Waals surface area contributed by atoms with Crippen LogP contribution in [0.2, 0.25) is 0 Å². The molecule has 1 aliphatic heterocycles. The van der Waals surface area contributed by atoms with Gasteiger partial charge in [-0.25, -0.2) is 9.37 Å². The van der Waals surface area contributed by atoms with Crippen molar-refractivity contribution < 1.29 is 31.5 Å². The summed E-state index contributed by atoms with van der Waals surface area (Å²) in [6.45, 7) is 0.956. The Hall–Kier alpha value is -3.30. The summed E-state index contributed by atoms with van der Waals surface area (Å²) in [7, 11) is 4.89. The van der Waals surface area contributed by atoms with Gasteiger partial charge in [0.1, 0.15) is 22.9 Å². The van der Waals surface area contributed by atoms with Crippen LogP contribution in [0.25, 0.3) is 20.9 Å². The molecule has 1 aliphatic rings. The number of likely N-dealkylation sites (tertiary alicyclic amines) is 1. The second-order valence-corrected chi connectivity index (χ2v) is 11.5. The monoisotopic (exact) mass is 598 g/mol. The van der Waals surface area contributed by atoms with E-state index in [0.717, 1.165) is 11.3 Å². The van der Waals surface area contributed by atoms with E-state index in [0.29, 0.717) is 34.4 Å². The maximum atomic E-state index is 14.7. The van der Waals surface area contributed by atoms with Crippen molar-refractivity contribution >= 4 is 44.8 Å². The molecule has 15 heteroatoms. The Morgan fingerprint density at radius 1 is 1.32 bits per heavy atom. The standard InChI is InChI=1S/C25H26F4N6O3S2/c1-34-8-7-17(16(26)11-34)32-18-6-4-5-14-19(18)39-21(20(14)40-25(27,28)29)24-31-13(12-38-24)9-30-22(36)15-10-35(2)33-23(15)37-3/h4-6,10,12,16-17,32H,7-9,11H2,1-3H3,(H,30,36)/t16-,17+/m0/s1. The number of carbonyl (C=O) groups excluding carboxylic acids is 1. The summed E-state index contributed by atoms with van der Waals surface area (Å²) in [6.07, 6.45) is 2.24. The average molecular weight is 599 g/mol. The molecule has 1 fully saturated rings. The number of hydrogen-bond acceptors (Lipinski definition) is 9. The van der Waals surface area contributed by atoms with Crippen molar-refractivity contribution in [3.05, 3.63) is 41.9 Å². The molecule has 0 saturated carbocycles. The summed E-state index contributed by atoms with van der Waals surface area (Å²) < 4.78 is 68.3. The number of aromatic nitrogens is 3. The number of benzene rings is 1. The number of alkyl halides is 4. The first-order chi connectivity index (χ1) is 19.0. The molecule has 9 nitrogen and oxygen atoms in total. The minimum atomic E-state index is -4.56. The van der Waals surface area contributed by atoms with Gasteiger partial charge in [-0.1, -0.05) is 12.1 Å². The molecule has 2 atom stereocenters. The number of carbonyl (C=O) groups is 1. The van der Waals surface area contributed by atoms with Crippen molar-refractivity contribution in [2.45, 2.75) is 35.6 Å². The molecule has 1 amide bonds. The first-order valence-electron chi connectivity index (χ1n) is 12.2. The van der Waals surface area contributed by atoms with Gasteiger partial charge in [0.05, 0.1) is 35.8 Å². The van der Waals surface area contributed by atoms with E-state index in [1.165, 1.54) is 24.3 Å². The van der Waals surface area contributed by atoms with Crippen LogP contribution in [-0.2, 0) is 13.6 Å². The Bertz CT molecular complexity index is 1520. The highest BCUT2D eigenvalue weighted by Gasteiger charge is 2.35. The van der Waals surface area contributed by atoms with E-state index in [1.54, 1.807) is 25.2 Å². The van der Waals surface area contributed by atoms with E-state index in [4.69, 9.17) is 9.15 Å². The molecule has 0 spiro atoms. The lowest BCUT2D eigenvalue weighted by Gasteiger charge is -2.33. The number of aryl methyl sites for hydroxylation is 1. The zero-order chi connectivity index (χ0) is 28.6. The summed E-state index contributed by atoms with van der Waals surface area (Å²) >= 11 is 0.844. The molecular formula is C25H26F4N6O3S2. The van der Waals surface area contributed by atoms with Crippen LogP contribution >= 0.6 is 23.1 Å². The van der Waals surface area contributed by atoms with Gasteiger partial charge in [-0.2, -0.15) is 13.2 Å². The number of ether oxygens (including phenoxy) is 1. The topological polar surface area (TPSA) is 97.5 Å². The number of nitrogens with one attached hydrogen (secondary N) is 2. The van der Waals surface area contributed by atoms with E-state index >= 15 is 0 Å². The largest absolute Gasteiger partial charge is 0.479 e.